The SMILES string of the molecule is COc1cccc(OC)c1C1OC(N)=C(OS(=O)(=O)c2ccccc2)C1=O. The molecule has 0 spiro atoms. The molecule has 1 aliphatic rings. The summed E-state index contributed by atoms with van der Waals surface area (Å²) in [5.41, 5.74) is 6.01. The number of Topliss-reactive ketones (excluding diaryl/α,β-unsaturated/α-hetero) is 1. The largest absolute Gasteiger partial charge is 0.496 e. The maximum absolute atomic E-state index is 12.8. The predicted octanol–water partition coefficient (Wildman–Crippen LogP) is 1.88. The van der Waals surface area contributed by atoms with Crippen LogP contribution in [-0.4, -0.2) is 28.4 Å². The van der Waals surface area contributed by atoms with E-state index in [0.717, 1.165) is 0 Å². The number of nitrogens with two attached hydrogens (primary N) is 1. The van der Waals surface area contributed by atoms with Crippen LogP contribution in [0.3, 0.4) is 0 Å². The topological polar surface area (TPSA) is 114 Å². The average molecular weight is 391 g/mol. The molecule has 1 unspecified atom stereocenters. The quantitative estimate of drug-likeness (QED) is 0.743. The Labute approximate surface area is 156 Å². The van der Waals surface area contributed by atoms with Crippen molar-refractivity contribution in [1.82, 2.24) is 0 Å². The number of benzene rings is 2. The van der Waals surface area contributed by atoms with Crippen LogP contribution in [0.5, 0.6) is 11.5 Å². The molecule has 0 aromatic heterocycles. The first kappa shape index (κ1) is 18.6. The van der Waals surface area contributed by atoms with Gasteiger partial charge >= 0.3 is 10.1 Å². The zero-order chi connectivity index (χ0) is 19.6. The van der Waals surface area contributed by atoms with Gasteiger partial charge in [0.25, 0.3) is 0 Å². The summed E-state index contributed by atoms with van der Waals surface area (Å²) in [5.74, 6) is -1.12. The molecule has 3 rings (SSSR count). The first-order valence-electron chi connectivity index (χ1n) is 7.80. The normalized spacial score (nSPS) is 16.8. The number of carbonyl (C=O) groups is 1. The smallest absolute Gasteiger partial charge is 0.339 e. The number of ketones is 1. The van der Waals surface area contributed by atoms with Crippen LogP contribution in [0, 0.1) is 0 Å². The van der Waals surface area contributed by atoms with Crippen LogP contribution in [0.4, 0.5) is 0 Å². The van der Waals surface area contributed by atoms with E-state index in [1.54, 1.807) is 24.3 Å². The Morgan fingerprint density at radius 1 is 0.963 bits per heavy atom. The van der Waals surface area contributed by atoms with Gasteiger partial charge in [-0.1, -0.05) is 24.3 Å². The average Bonchev–Trinajstić information content (AvgIpc) is 2.95. The Bertz CT molecular complexity index is 977. The molecule has 1 heterocycles. The third-order valence-electron chi connectivity index (χ3n) is 3.88. The van der Waals surface area contributed by atoms with Gasteiger partial charge in [0.2, 0.25) is 17.4 Å². The summed E-state index contributed by atoms with van der Waals surface area (Å²) in [5, 5.41) is 0. The van der Waals surface area contributed by atoms with E-state index in [2.05, 4.69) is 0 Å². The molecular formula is C18H17NO7S. The Kier molecular flexibility index (Phi) is 4.95. The molecule has 1 aliphatic heterocycles. The lowest BCUT2D eigenvalue weighted by Crippen LogP contribution is -2.16. The Morgan fingerprint density at radius 3 is 2.11 bits per heavy atom. The van der Waals surface area contributed by atoms with Gasteiger partial charge in [-0.05, 0) is 24.3 Å². The predicted molar refractivity (Wildman–Crippen MR) is 94.3 cm³/mol. The maximum Gasteiger partial charge on any atom is 0.339 e. The minimum atomic E-state index is -4.25. The van der Waals surface area contributed by atoms with Gasteiger partial charge < -0.3 is 24.1 Å². The highest BCUT2D eigenvalue weighted by Gasteiger charge is 2.42. The highest BCUT2D eigenvalue weighted by atomic mass is 32.2. The molecular weight excluding hydrogens is 374 g/mol. The van der Waals surface area contributed by atoms with Gasteiger partial charge in [-0.3, -0.25) is 4.79 Å². The van der Waals surface area contributed by atoms with Crippen molar-refractivity contribution in [2.75, 3.05) is 14.2 Å². The molecule has 2 aromatic carbocycles. The number of hydrogen-bond donors (Lipinski definition) is 1. The molecule has 2 N–H and O–H groups in total. The van der Waals surface area contributed by atoms with Crippen molar-refractivity contribution in [3.63, 3.8) is 0 Å². The minimum Gasteiger partial charge on any atom is -0.496 e. The summed E-state index contributed by atoms with van der Waals surface area (Å²) in [4.78, 5) is 12.7. The fourth-order valence-electron chi connectivity index (χ4n) is 2.63. The van der Waals surface area contributed by atoms with Crippen molar-refractivity contribution < 1.29 is 31.6 Å². The number of hydrogen-bond acceptors (Lipinski definition) is 8. The van der Waals surface area contributed by atoms with E-state index in [1.165, 1.54) is 38.5 Å². The Morgan fingerprint density at radius 2 is 1.56 bits per heavy atom. The molecule has 9 heteroatoms. The van der Waals surface area contributed by atoms with Gasteiger partial charge in [-0.2, -0.15) is 8.42 Å². The van der Waals surface area contributed by atoms with Crippen LogP contribution in [0.15, 0.2) is 65.1 Å². The number of ether oxygens (including phenoxy) is 3. The number of rotatable bonds is 6. The molecule has 0 saturated heterocycles. The highest BCUT2D eigenvalue weighted by molar-refractivity contribution is 7.86. The molecule has 0 radical (unpaired) electrons. The van der Waals surface area contributed by atoms with Crippen LogP contribution in [0.25, 0.3) is 0 Å². The molecule has 1 atom stereocenters. The second-order valence-corrected chi connectivity index (χ2v) is 7.03. The minimum absolute atomic E-state index is 0.114. The van der Waals surface area contributed by atoms with Crippen molar-refractivity contribution in [2.24, 2.45) is 5.73 Å². The highest BCUT2D eigenvalue weighted by Crippen LogP contribution is 2.42. The monoisotopic (exact) mass is 391 g/mol. The van der Waals surface area contributed by atoms with Crippen LogP contribution < -0.4 is 15.2 Å². The van der Waals surface area contributed by atoms with Crippen LogP contribution in [0.2, 0.25) is 0 Å². The van der Waals surface area contributed by atoms with Gasteiger partial charge in [-0.25, -0.2) is 0 Å². The van der Waals surface area contributed by atoms with E-state index in [0.29, 0.717) is 11.5 Å². The first-order chi connectivity index (χ1) is 12.9. The maximum atomic E-state index is 12.8. The molecule has 27 heavy (non-hydrogen) atoms. The second kappa shape index (κ2) is 7.20. The van der Waals surface area contributed by atoms with Crippen LogP contribution in [-0.2, 0) is 23.8 Å². The van der Waals surface area contributed by atoms with E-state index < -0.39 is 33.6 Å². The summed E-state index contributed by atoms with van der Waals surface area (Å²) in [6.45, 7) is 0. The van der Waals surface area contributed by atoms with Crippen molar-refractivity contribution in [1.29, 1.82) is 0 Å². The molecule has 142 valence electrons. The molecule has 0 aliphatic carbocycles. The van der Waals surface area contributed by atoms with Gasteiger partial charge in [0, 0.05) is 0 Å². The van der Waals surface area contributed by atoms with E-state index in [4.69, 9.17) is 24.1 Å². The Hall–Kier alpha value is -3.20. The summed E-state index contributed by atoms with van der Waals surface area (Å²) in [6, 6.07) is 12.3. The third-order valence-corrected chi connectivity index (χ3v) is 5.12. The van der Waals surface area contributed by atoms with Gasteiger partial charge in [0.1, 0.15) is 16.4 Å². The van der Waals surface area contributed by atoms with Crippen molar-refractivity contribution in [2.45, 2.75) is 11.0 Å². The summed E-state index contributed by atoms with van der Waals surface area (Å²) < 4.78 is 45.7. The molecule has 0 bridgehead atoms. The second-order valence-electron chi connectivity index (χ2n) is 5.48. The lowest BCUT2D eigenvalue weighted by molar-refractivity contribution is -0.123. The summed E-state index contributed by atoms with van der Waals surface area (Å²) in [7, 11) is -1.40. The van der Waals surface area contributed by atoms with Crippen LogP contribution in [0.1, 0.15) is 11.7 Å². The number of methoxy groups -OCH3 is 2. The zero-order valence-corrected chi connectivity index (χ0v) is 15.4. The lowest BCUT2D eigenvalue weighted by atomic mass is 10.0. The van der Waals surface area contributed by atoms with E-state index in [-0.39, 0.29) is 10.5 Å². The van der Waals surface area contributed by atoms with Crippen molar-refractivity contribution >= 4 is 15.9 Å². The molecule has 8 nitrogen and oxygen atoms in total. The zero-order valence-electron chi connectivity index (χ0n) is 14.5. The van der Waals surface area contributed by atoms with Gasteiger partial charge in [0.05, 0.1) is 19.8 Å². The number of carbonyl (C=O) groups excluding carboxylic acids is 1. The van der Waals surface area contributed by atoms with E-state index >= 15 is 0 Å². The lowest BCUT2D eigenvalue weighted by Gasteiger charge is -2.17. The van der Waals surface area contributed by atoms with Crippen molar-refractivity contribution in [3.05, 3.63) is 65.7 Å². The Balaban J connectivity index is 1.94. The first-order valence-corrected chi connectivity index (χ1v) is 9.21. The molecule has 2 aromatic rings. The summed E-state index contributed by atoms with van der Waals surface area (Å²) in [6.07, 6.45) is -1.25. The van der Waals surface area contributed by atoms with Crippen LogP contribution >= 0.6 is 0 Å². The molecule has 0 amide bonds. The third kappa shape index (κ3) is 3.41. The van der Waals surface area contributed by atoms with Gasteiger partial charge in [-0.15, -0.1) is 0 Å². The standard InChI is InChI=1S/C18H17NO7S/c1-23-12-9-6-10-13(24-2)14(12)16-15(20)17(18(19)25-16)26-27(21,22)11-7-4-3-5-8-11/h3-10,16H,19H2,1-2H3. The molecule has 0 fully saturated rings. The van der Waals surface area contributed by atoms with Gasteiger partial charge in [0.15, 0.2) is 6.10 Å². The summed E-state index contributed by atoms with van der Waals surface area (Å²) >= 11 is 0. The fraction of sp³-hybridized carbons (Fsp3) is 0.167. The van der Waals surface area contributed by atoms with Crippen molar-refractivity contribution in [3.8, 4) is 11.5 Å². The van der Waals surface area contributed by atoms with E-state index in [9.17, 15) is 13.2 Å². The molecule has 0 saturated carbocycles. The van der Waals surface area contributed by atoms with E-state index in [1.807, 2.05) is 0 Å². The fourth-order valence-corrected chi connectivity index (χ4v) is 3.60.